The molecular formula is C21H21N3O2. The largest absolute Gasteiger partial charge is 0.497 e. The van der Waals surface area contributed by atoms with Gasteiger partial charge in [0.15, 0.2) is 5.78 Å². The first kappa shape index (κ1) is 17.6. The van der Waals surface area contributed by atoms with E-state index in [9.17, 15) is 4.79 Å². The maximum absolute atomic E-state index is 11.6. The summed E-state index contributed by atoms with van der Waals surface area (Å²) in [5.41, 5.74) is 3.58. The number of rotatable bonds is 7. The van der Waals surface area contributed by atoms with Crippen molar-refractivity contribution >= 4 is 11.7 Å². The van der Waals surface area contributed by atoms with Gasteiger partial charge in [-0.15, -0.1) is 0 Å². The van der Waals surface area contributed by atoms with Gasteiger partial charge < -0.3 is 10.1 Å². The Morgan fingerprint density at radius 2 is 1.92 bits per heavy atom. The molecule has 5 nitrogen and oxygen atoms in total. The van der Waals surface area contributed by atoms with Gasteiger partial charge in [-0.2, -0.15) is 0 Å². The molecule has 2 aromatic carbocycles. The lowest BCUT2D eigenvalue weighted by atomic mass is 10.1. The molecule has 0 bridgehead atoms. The maximum Gasteiger partial charge on any atom is 0.223 e. The highest BCUT2D eigenvalue weighted by Crippen LogP contribution is 2.19. The van der Waals surface area contributed by atoms with E-state index in [1.807, 2.05) is 48.5 Å². The van der Waals surface area contributed by atoms with Crippen LogP contribution in [0.4, 0.5) is 5.95 Å². The third kappa shape index (κ3) is 4.45. The van der Waals surface area contributed by atoms with Gasteiger partial charge in [-0.1, -0.05) is 30.3 Å². The van der Waals surface area contributed by atoms with Crippen LogP contribution in [0.1, 0.15) is 22.8 Å². The number of hydrogen-bond donors (Lipinski definition) is 1. The molecule has 132 valence electrons. The van der Waals surface area contributed by atoms with Crippen LogP contribution >= 0.6 is 0 Å². The second kappa shape index (κ2) is 8.25. The Balaban J connectivity index is 1.65. The molecule has 0 aliphatic carbocycles. The molecule has 0 amide bonds. The van der Waals surface area contributed by atoms with Crippen LogP contribution < -0.4 is 10.1 Å². The summed E-state index contributed by atoms with van der Waals surface area (Å²) in [4.78, 5) is 20.4. The number of aromatic nitrogens is 2. The number of ether oxygens (including phenoxy) is 1. The fraction of sp³-hybridized carbons (Fsp3) is 0.190. The van der Waals surface area contributed by atoms with Crippen molar-refractivity contribution in [2.45, 2.75) is 13.3 Å². The van der Waals surface area contributed by atoms with Crippen molar-refractivity contribution in [3.05, 3.63) is 71.9 Å². The summed E-state index contributed by atoms with van der Waals surface area (Å²) < 4.78 is 5.16. The van der Waals surface area contributed by atoms with Gasteiger partial charge in [0, 0.05) is 23.9 Å². The lowest BCUT2D eigenvalue weighted by molar-refractivity contribution is 0.101. The minimum absolute atomic E-state index is 0.0405. The van der Waals surface area contributed by atoms with Crippen molar-refractivity contribution in [2.24, 2.45) is 0 Å². The van der Waals surface area contributed by atoms with E-state index in [1.165, 1.54) is 5.56 Å². The number of anilines is 1. The molecular weight excluding hydrogens is 326 g/mol. The summed E-state index contributed by atoms with van der Waals surface area (Å²) in [5, 5.41) is 3.25. The second-order valence-electron chi connectivity index (χ2n) is 5.93. The zero-order chi connectivity index (χ0) is 18.4. The quantitative estimate of drug-likeness (QED) is 0.654. The molecule has 0 saturated heterocycles. The highest BCUT2D eigenvalue weighted by molar-refractivity contribution is 5.95. The standard InChI is InChI=1S/C21H21N3O2/c1-15(25)17-4-3-5-18(14-17)20-11-13-23-21(24-20)22-12-10-16-6-8-19(26-2)9-7-16/h3-9,11,13-14H,10,12H2,1-2H3,(H,22,23,24). The van der Waals surface area contributed by atoms with Crippen molar-refractivity contribution < 1.29 is 9.53 Å². The number of carbonyl (C=O) groups is 1. The summed E-state index contributed by atoms with van der Waals surface area (Å²) in [6.07, 6.45) is 2.58. The molecule has 0 saturated carbocycles. The number of hydrogen-bond acceptors (Lipinski definition) is 5. The van der Waals surface area contributed by atoms with E-state index in [1.54, 1.807) is 26.3 Å². The molecule has 0 fully saturated rings. The van der Waals surface area contributed by atoms with Crippen molar-refractivity contribution in [1.29, 1.82) is 0 Å². The number of nitrogens with zero attached hydrogens (tertiary/aromatic N) is 2. The van der Waals surface area contributed by atoms with Crippen molar-refractivity contribution in [3.8, 4) is 17.0 Å². The van der Waals surface area contributed by atoms with Crippen LogP contribution in [-0.2, 0) is 6.42 Å². The van der Waals surface area contributed by atoms with Crippen molar-refractivity contribution in [2.75, 3.05) is 19.0 Å². The Morgan fingerprint density at radius 1 is 1.12 bits per heavy atom. The lowest BCUT2D eigenvalue weighted by Crippen LogP contribution is -2.08. The van der Waals surface area contributed by atoms with E-state index in [-0.39, 0.29) is 5.78 Å². The fourth-order valence-corrected chi connectivity index (χ4v) is 2.61. The van der Waals surface area contributed by atoms with Gasteiger partial charge in [0.1, 0.15) is 5.75 Å². The molecule has 5 heteroatoms. The summed E-state index contributed by atoms with van der Waals surface area (Å²) in [6.45, 7) is 2.29. The van der Waals surface area contributed by atoms with Crippen LogP contribution in [-0.4, -0.2) is 29.4 Å². The van der Waals surface area contributed by atoms with Crippen LogP contribution in [0.3, 0.4) is 0 Å². The molecule has 26 heavy (non-hydrogen) atoms. The van der Waals surface area contributed by atoms with Gasteiger partial charge in [0.2, 0.25) is 5.95 Å². The molecule has 0 unspecified atom stereocenters. The maximum atomic E-state index is 11.6. The van der Waals surface area contributed by atoms with Crippen molar-refractivity contribution in [3.63, 3.8) is 0 Å². The molecule has 0 radical (unpaired) electrons. The molecule has 3 rings (SSSR count). The average Bonchev–Trinajstić information content (AvgIpc) is 2.69. The monoisotopic (exact) mass is 347 g/mol. The first-order valence-electron chi connectivity index (χ1n) is 8.47. The Kier molecular flexibility index (Phi) is 5.59. The minimum Gasteiger partial charge on any atom is -0.497 e. The summed E-state index contributed by atoms with van der Waals surface area (Å²) in [7, 11) is 1.66. The third-order valence-electron chi connectivity index (χ3n) is 4.08. The zero-order valence-electron chi connectivity index (χ0n) is 14.9. The van der Waals surface area contributed by atoms with Gasteiger partial charge in [-0.3, -0.25) is 4.79 Å². The highest BCUT2D eigenvalue weighted by Gasteiger charge is 2.05. The fourth-order valence-electron chi connectivity index (χ4n) is 2.61. The van der Waals surface area contributed by atoms with E-state index < -0.39 is 0 Å². The van der Waals surface area contributed by atoms with Crippen LogP contribution in [0, 0.1) is 0 Å². The topological polar surface area (TPSA) is 64.1 Å². The van der Waals surface area contributed by atoms with E-state index in [4.69, 9.17) is 4.74 Å². The van der Waals surface area contributed by atoms with Gasteiger partial charge in [-0.25, -0.2) is 9.97 Å². The molecule has 1 heterocycles. The van der Waals surface area contributed by atoms with Crippen molar-refractivity contribution in [1.82, 2.24) is 9.97 Å². The molecule has 3 aromatic rings. The van der Waals surface area contributed by atoms with Crippen LogP contribution in [0.5, 0.6) is 5.75 Å². The smallest absolute Gasteiger partial charge is 0.223 e. The summed E-state index contributed by atoms with van der Waals surface area (Å²) >= 11 is 0. The highest BCUT2D eigenvalue weighted by atomic mass is 16.5. The van der Waals surface area contributed by atoms with E-state index >= 15 is 0 Å². The van der Waals surface area contributed by atoms with E-state index in [2.05, 4.69) is 15.3 Å². The van der Waals surface area contributed by atoms with Gasteiger partial charge in [0.05, 0.1) is 12.8 Å². The number of benzene rings is 2. The number of Topliss-reactive ketones (excluding diaryl/α,β-unsaturated/α-hetero) is 1. The van der Waals surface area contributed by atoms with Gasteiger partial charge >= 0.3 is 0 Å². The molecule has 0 spiro atoms. The van der Waals surface area contributed by atoms with Crippen LogP contribution in [0.15, 0.2) is 60.8 Å². The third-order valence-corrected chi connectivity index (χ3v) is 4.08. The first-order chi connectivity index (χ1) is 12.7. The minimum atomic E-state index is 0.0405. The predicted octanol–water partition coefficient (Wildman–Crippen LogP) is 4.01. The SMILES string of the molecule is COc1ccc(CCNc2nccc(-c3cccc(C(C)=O)c3)n2)cc1. The molecule has 1 aromatic heterocycles. The number of carbonyl (C=O) groups excluding carboxylic acids is 1. The van der Waals surface area contributed by atoms with Crippen LogP contribution in [0.2, 0.25) is 0 Å². The van der Waals surface area contributed by atoms with Gasteiger partial charge in [-0.05, 0) is 43.2 Å². The first-order valence-corrected chi connectivity index (χ1v) is 8.47. The van der Waals surface area contributed by atoms with Crippen LogP contribution in [0.25, 0.3) is 11.3 Å². The normalized spacial score (nSPS) is 10.4. The zero-order valence-corrected chi connectivity index (χ0v) is 14.9. The lowest BCUT2D eigenvalue weighted by Gasteiger charge is -2.08. The molecule has 0 aliphatic rings. The molecule has 0 aliphatic heterocycles. The molecule has 1 N–H and O–H groups in total. The second-order valence-corrected chi connectivity index (χ2v) is 5.93. The summed E-state index contributed by atoms with van der Waals surface area (Å²) in [5.74, 6) is 1.47. The number of nitrogens with one attached hydrogen (secondary N) is 1. The number of methoxy groups -OCH3 is 1. The average molecular weight is 347 g/mol. The predicted molar refractivity (Wildman–Crippen MR) is 103 cm³/mol. The van der Waals surface area contributed by atoms with E-state index in [0.717, 1.165) is 30.0 Å². The Morgan fingerprint density at radius 3 is 2.65 bits per heavy atom. The van der Waals surface area contributed by atoms with E-state index in [0.29, 0.717) is 11.5 Å². The molecule has 0 atom stereocenters. The Bertz CT molecular complexity index is 892. The summed E-state index contributed by atoms with van der Waals surface area (Å²) in [6, 6.07) is 17.3. The number of ketones is 1. The Hall–Kier alpha value is -3.21. The van der Waals surface area contributed by atoms with Gasteiger partial charge in [0.25, 0.3) is 0 Å². The Labute approximate surface area is 153 Å².